The molecule has 3 rings (SSSR count). The summed E-state index contributed by atoms with van der Waals surface area (Å²) in [5.74, 6) is -0.425. The van der Waals surface area contributed by atoms with Crippen molar-refractivity contribution in [2.24, 2.45) is 0 Å². The van der Waals surface area contributed by atoms with Gasteiger partial charge in [0.2, 0.25) is 10.0 Å². The summed E-state index contributed by atoms with van der Waals surface area (Å²) in [4.78, 5) is 12.9. The number of hydrogen-bond donors (Lipinski definition) is 1. The number of halogens is 1. The SMILES string of the molecule is CC(NC(=O)c1ccccc1S(=O)(=O)N1CCOCC1)c1ccccc1Br. The molecule has 0 spiro atoms. The second kappa shape index (κ2) is 8.52. The number of ether oxygens (including phenoxy) is 1. The number of carbonyl (C=O) groups excluding carboxylic acids is 1. The van der Waals surface area contributed by atoms with Crippen molar-refractivity contribution < 1.29 is 17.9 Å². The predicted molar refractivity (Wildman–Crippen MR) is 106 cm³/mol. The van der Waals surface area contributed by atoms with Crippen LogP contribution in [-0.2, 0) is 14.8 Å². The maximum Gasteiger partial charge on any atom is 0.253 e. The third-order valence-corrected chi connectivity index (χ3v) is 7.12. The molecule has 1 amide bonds. The van der Waals surface area contributed by atoms with E-state index in [1.54, 1.807) is 12.1 Å². The number of morpholine rings is 1. The second-order valence-electron chi connectivity index (χ2n) is 6.23. The van der Waals surface area contributed by atoms with Crippen molar-refractivity contribution >= 4 is 31.9 Å². The van der Waals surface area contributed by atoms with Crippen LogP contribution in [0.4, 0.5) is 0 Å². The first kappa shape index (κ1) is 20.0. The average molecular weight is 453 g/mol. The Kier molecular flexibility index (Phi) is 6.31. The highest BCUT2D eigenvalue weighted by molar-refractivity contribution is 9.10. The topological polar surface area (TPSA) is 75.7 Å². The summed E-state index contributed by atoms with van der Waals surface area (Å²) < 4.78 is 33.5. The van der Waals surface area contributed by atoms with Gasteiger partial charge in [-0.1, -0.05) is 46.3 Å². The molecule has 0 aromatic heterocycles. The molecule has 1 unspecified atom stereocenters. The molecular formula is C19H21BrN2O4S. The molecule has 2 aromatic carbocycles. The van der Waals surface area contributed by atoms with Gasteiger partial charge in [0.1, 0.15) is 0 Å². The number of nitrogens with zero attached hydrogens (tertiary/aromatic N) is 1. The molecule has 0 saturated carbocycles. The molecule has 1 fully saturated rings. The highest BCUT2D eigenvalue weighted by atomic mass is 79.9. The standard InChI is InChI=1S/C19H21BrN2O4S/c1-14(15-6-2-4-8-17(15)20)21-19(23)16-7-3-5-9-18(16)27(24,25)22-10-12-26-13-11-22/h2-9,14H,10-13H2,1H3,(H,21,23). The van der Waals surface area contributed by atoms with Crippen molar-refractivity contribution in [2.45, 2.75) is 17.9 Å². The fourth-order valence-corrected chi connectivity index (χ4v) is 5.21. The van der Waals surface area contributed by atoms with E-state index in [1.165, 1.54) is 16.4 Å². The normalized spacial score (nSPS) is 16.7. The Morgan fingerprint density at radius 2 is 1.74 bits per heavy atom. The van der Waals surface area contributed by atoms with Gasteiger partial charge in [-0.25, -0.2) is 8.42 Å². The molecule has 6 nitrogen and oxygen atoms in total. The summed E-state index contributed by atoms with van der Waals surface area (Å²) in [6.45, 7) is 3.13. The largest absolute Gasteiger partial charge is 0.379 e. The molecule has 0 bridgehead atoms. The zero-order chi connectivity index (χ0) is 19.4. The van der Waals surface area contributed by atoms with Crippen LogP contribution in [0.3, 0.4) is 0 Å². The van der Waals surface area contributed by atoms with Crippen LogP contribution in [0.1, 0.15) is 28.9 Å². The van der Waals surface area contributed by atoms with E-state index in [1.807, 2.05) is 31.2 Å². The first-order valence-corrected chi connectivity index (χ1v) is 10.9. The Bertz CT molecular complexity index is 927. The maximum absolute atomic E-state index is 13.0. The van der Waals surface area contributed by atoms with E-state index < -0.39 is 15.9 Å². The summed E-state index contributed by atoms with van der Waals surface area (Å²) in [6, 6.07) is 13.6. The lowest BCUT2D eigenvalue weighted by atomic mass is 10.1. The number of rotatable bonds is 5. The van der Waals surface area contributed by atoms with E-state index in [0.717, 1.165) is 10.0 Å². The molecule has 8 heteroatoms. The molecule has 1 aliphatic rings. The summed E-state index contributed by atoms with van der Waals surface area (Å²) in [5, 5.41) is 2.89. The quantitative estimate of drug-likeness (QED) is 0.756. The van der Waals surface area contributed by atoms with Gasteiger partial charge in [0.15, 0.2) is 0 Å². The number of sulfonamides is 1. The van der Waals surface area contributed by atoms with E-state index in [9.17, 15) is 13.2 Å². The fraction of sp³-hybridized carbons (Fsp3) is 0.316. The minimum absolute atomic E-state index is 0.0173. The van der Waals surface area contributed by atoms with Gasteiger partial charge < -0.3 is 10.1 Å². The fourth-order valence-electron chi connectivity index (χ4n) is 2.98. The molecule has 1 saturated heterocycles. The molecule has 144 valence electrons. The third-order valence-electron chi connectivity index (χ3n) is 4.44. The number of benzene rings is 2. The Morgan fingerprint density at radius 1 is 1.11 bits per heavy atom. The molecule has 27 heavy (non-hydrogen) atoms. The molecule has 1 aliphatic heterocycles. The Balaban J connectivity index is 1.87. The van der Waals surface area contributed by atoms with Crippen molar-refractivity contribution in [3.05, 3.63) is 64.1 Å². The number of carbonyl (C=O) groups is 1. The van der Waals surface area contributed by atoms with E-state index in [-0.39, 0.29) is 29.6 Å². The highest BCUT2D eigenvalue weighted by Gasteiger charge is 2.30. The molecule has 1 atom stereocenters. The van der Waals surface area contributed by atoms with Gasteiger partial charge in [-0.3, -0.25) is 4.79 Å². The van der Waals surface area contributed by atoms with Crippen LogP contribution in [0, 0.1) is 0 Å². The van der Waals surface area contributed by atoms with E-state index in [0.29, 0.717) is 13.2 Å². The lowest BCUT2D eigenvalue weighted by molar-refractivity contribution is 0.0729. The zero-order valence-electron chi connectivity index (χ0n) is 14.9. The maximum atomic E-state index is 13.0. The molecule has 1 heterocycles. The lowest BCUT2D eigenvalue weighted by Gasteiger charge is -2.27. The average Bonchev–Trinajstić information content (AvgIpc) is 2.69. The summed E-state index contributed by atoms with van der Waals surface area (Å²) >= 11 is 3.48. The Hall–Kier alpha value is -1.74. The second-order valence-corrected chi connectivity index (χ2v) is 8.99. The van der Waals surface area contributed by atoms with Gasteiger partial charge in [0.05, 0.1) is 29.7 Å². The van der Waals surface area contributed by atoms with Crippen LogP contribution in [0.25, 0.3) is 0 Å². The third kappa shape index (κ3) is 4.40. The van der Waals surface area contributed by atoms with Crippen molar-refractivity contribution in [1.82, 2.24) is 9.62 Å². The minimum atomic E-state index is -3.76. The van der Waals surface area contributed by atoms with Gasteiger partial charge >= 0.3 is 0 Å². The van der Waals surface area contributed by atoms with Gasteiger partial charge in [-0.2, -0.15) is 4.31 Å². The first-order chi connectivity index (χ1) is 12.9. The molecule has 0 aliphatic carbocycles. The van der Waals surface area contributed by atoms with Crippen LogP contribution in [0.2, 0.25) is 0 Å². The van der Waals surface area contributed by atoms with Gasteiger partial charge in [-0.15, -0.1) is 0 Å². The summed E-state index contributed by atoms with van der Waals surface area (Å²) in [6.07, 6.45) is 0. The van der Waals surface area contributed by atoms with Crippen LogP contribution in [0.5, 0.6) is 0 Å². The molecule has 0 radical (unpaired) electrons. The highest BCUT2D eigenvalue weighted by Crippen LogP contribution is 2.25. The number of amides is 1. The van der Waals surface area contributed by atoms with Crippen LogP contribution in [-0.4, -0.2) is 44.9 Å². The van der Waals surface area contributed by atoms with Crippen molar-refractivity contribution in [2.75, 3.05) is 26.3 Å². The van der Waals surface area contributed by atoms with Crippen LogP contribution < -0.4 is 5.32 Å². The van der Waals surface area contributed by atoms with Gasteiger partial charge in [0.25, 0.3) is 5.91 Å². The zero-order valence-corrected chi connectivity index (χ0v) is 17.3. The number of hydrogen-bond acceptors (Lipinski definition) is 4. The van der Waals surface area contributed by atoms with E-state index in [2.05, 4.69) is 21.2 Å². The molecule has 1 N–H and O–H groups in total. The van der Waals surface area contributed by atoms with Gasteiger partial charge in [-0.05, 0) is 30.7 Å². The monoisotopic (exact) mass is 452 g/mol. The minimum Gasteiger partial charge on any atom is -0.379 e. The Labute approximate surface area is 167 Å². The van der Waals surface area contributed by atoms with Crippen molar-refractivity contribution in [3.8, 4) is 0 Å². The Morgan fingerprint density at radius 3 is 2.44 bits per heavy atom. The lowest BCUT2D eigenvalue weighted by Crippen LogP contribution is -2.41. The van der Waals surface area contributed by atoms with Crippen LogP contribution >= 0.6 is 15.9 Å². The van der Waals surface area contributed by atoms with Gasteiger partial charge in [0, 0.05) is 17.6 Å². The van der Waals surface area contributed by atoms with Crippen molar-refractivity contribution in [3.63, 3.8) is 0 Å². The van der Waals surface area contributed by atoms with Crippen LogP contribution in [0.15, 0.2) is 57.9 Å². The van der Waals surface area contributed by atoms with E-state index >= 15 is 0 Å². The van der Waals surface area contributed by atoms with Crippen molar-refractivity contribution in [1.29, 1.82) is 0 Å². The summed E-state index contributed by atoms with van der Waals surface area (Å²) in [7, 11) is -3.76. The summed E-state index contributed by atoms with van der Waals surface area (Å²) in [5.41, 5.74) is 1.06. The predicted octanol–water partition coefficient (Wildman–Crippen LogP) is 2.96. The smallest absolute Gasteiger partial charge is 0.253 e. The molecular weight excluding hydrogens is 432 g/mol. The van der Waals surface area contributed by atoms with E-state index in [4.69, 9.17) is 4.74 Å². The number of nitrogens with one attached hydrogen (secondary N) is 1. The first-order valence-electron chi connectivity index (χ1n) is 8.63. The molecule has 2 aromatic rings.